The van der Waals surface area contributed by atoms with Gasteiger partial charge in [0, 0.05) is 24.7 Å². The first-order chi connectivity index (χ1) is 11.4. The summed E-state index contributed by atoms with van der Waals surface area (Å²) in [6.07, 6.45) is 2.06. The number of nitrogens with zero attached hydrogens (tertiary/aromatic N) is 3. The van der Waals surface area contributed by atoms with Crippen LogP contribution < -0.4 is 0 Å². The molecule has 0 saturated carbocycles. The summed E-state index contributed by atoms with van der Waals surface area (Å²) in [6.45, 7) is 4.17. The first-order valence-electron chi connectivity index (χ1n) is 7.95. The lowest BCUT2D eigenvalue weighted by Gasteiger charge is -2.38. The van der Waals surface area contributed by atoms with Gasteiger partial charge in [-0.1, -0.05) is 0 Å². The maximum Gasteiger partial charge on any atom is 0.309 e. The topological polar surface area (TPSA) is 88.6 Å². The summed E-state index contributed by atoms with van der Waals surface area (Å²) in [5, 5.41) is 14.0. The predicted octanol–water partition coefficient (Wildman–Crippen LogP) is 2.19. The van der Waals surface area contributed by atoms with E-state index in [1.807, 2.05) is 20.9 Å². The van der Waals surface area contributed by atoms with Gasteiger partial charge >= 0.3 is 5.97 Å². The van der Waals surface area contributed by atoms with Crippen LogP contribution in [-0.4, -0.2) is 31.7 Å². The molecule has 0 aromatic carbocycles. The summed E-state index contributed by atoms with van der Waals surface area (Å²) >= 11 is 0. The number of carboxylic acids is 1. The highest BCUT2D eigenvalue weighted by molar-refractivity contribution is 5.81. The lowest BCUT2D eigenvalue weighted by Crippen LogP contribution is -2.44. The van der Waals surface area contributed by atoms with Gasteiger partial charge in [-0.3, -0.25) is 14.3 Å². The van der Waals surface area contributed by atoms with Gasteiger partial charge in [0.15, 0.2) is 0 Å². The normalized spacial score (nSPS) is 21.3. The minimum absolute atomic E-state index is 0.0587. The number of hydrogen-bond acceptors (Lipinski definition) is 4. The molecule has 3 rings (SSSR count). The Bertz CT molecular complexity index is 763. The second-order valence-corrected chi connectivity index (χ2v) is 6.24. The van der Waals surface area contributed by atoms with E-state index in [9.17, 15) is 14.7 Å². The molecule has 1 saturated heterocycles. The van der Waals surface area contributed by atoms with Crippen LogP contribution in [0.1, 0.15) is 41.6 Å². The van der Waals surface area contributed by atoms with Crippen molar-refractivity contribution in [2.75, 3.05) is 0 Å². The van der Waals surface area contributed by atoms with Crippen LogP contribution in [0.4, 0.5) is 0 Å². The fraction of sp³-hybridized carbons (Fsp3) is 0.471. The quantitative estimate of drug-likeness (QED) is 0.928. The summed E-state index contributed by atoms with van der Waals surface area (Å²) in [5.41, 5.74) is 2.77. The number of carboxylic acid groups (broad SMARTS) is 1. The first-order valence-corrected chi connectivity index (χ1v) is 7.95. The molecular formula is C17H21N3O4. The van der Waals surface area contributed by atoms with Crippen LogP contribution in [0, 0.1) is 19.8 Å². The zero-order chi connectivity index (χ0) is 17.4. The Kier molecular flexibility index (Phi) is 4.17. The minimum atomic E-state index is -0.909. The lowest BCUT2D eigenvalue weighted by molar-refractivity contribution is -0.153. The van der Waals surface area contributed by atoms with Gasteiger partial charge in [0.05, 0.1) is 24.4 Å². The van der Waals surface area contributed by atoms with Crippen LogP contribution in [0.15, 0.2) is 22.8 Å². The molecule has 24 heavy (non-hydrogen) atoms. The molecule has 0 spiro atoms. The van der Waals surface area contributed by atoms with Crippen LogP contribution in [0.2, 0.25) is 0 Å². The van der Waals surface area contributed by atoms with E-state index in [1.165, 1.54) is 6.26 Å². The Labute approximate surface area is 139 Å². The van der Waals surface area contributed by atoms with Gasteiger partial charge in [-0.15, -0.1) is 0 Å². The molecule has 2 aromatic heterocycles. The van der Waals surface area contributed by atoms with E-state index in [0.29, 0.717) is 18.7 Å². The smallest absolute Gasteiger partial charge is 0.309 e. The molecule has 1 fully saturated rings. The molecule has 7 heteroatoms. The van der Waals surface area contributed by atoms with Gasteiger partial charge in [-0.05, 0) is 32.4 Å². The van der Waals surface area contributed by atoms with E-state index < -0.39 is 17.9 Å². The van der Waals surface area contributed by atoms with E-state index in [2.05, 4.69) is 5.10 Å². The molecule has 2 aromatic rings. The summed E-state index contributed by atoms with van der Waals surface area (Å²) in [6, 6.07) is 2.85. The van der Waals surface area contributed by atoms with Crippen LogP contribution in [0.25, 0.3) is 0 Å². The highest BCUT2D eigenvalue weighted by atomic mass is 16.4. The summed E-state index contributed by atoms with van der Waals surface area (Å²) in [5.74, 6) is -1.13. The molecule has 1 amide bonds. The number of carbonyl (C=O) groups excluding carboxylic acids is 1. The number of aliphatic carboxylic acids is 1. The number of hydrogen-bond donors (Lipinski definition) is 1. The SMILES string of the molecule is Cc1nn(C)c(C)c1CN1C(=O)CC[C@@H](C(=O)O)[C@H]1c1ccco1. The van der Waals surface area contributed by atoms with Crippen molar-refractivity contribution < 1.29 is 19.1 Å². The molecular weight excluding hydrogens is 310 g/mol. The number of carbonyl (C=O) groups is 2. The zero-order valence-electron chi connectivity index (χ0n) is 14.0. The van der Waals surface area contributed by atoms with Crippen molar-refractivity contribution in [1.29, 1.82) is 0 Å². The third-order valence-electron chi connectivity index (χ3n) is 4.85. The van der Waals surface area contributed by atoms with Crippen molar-refractivity contribution in [1.82, 2.24) is 14.7 Å². The van der Waals surface area contributed by atoms with E-state index in [4.69, 9.17) is 4.42 Å². The maximum atomic E-state index is 12.6. The highest BCUT2D eigenvalue weighted by Crippen LogP contribution is 2.38. The van der Waals surface area contributed by atoms with Gasteiger partial charge in [0.1, 0.15) is 11.8 Å². The van der Waals surface area contributed by atoms with Crippen LogP contribution >= 0.6 is 0 Å². The van der Waals surface area contributed by atoms with E-state index in [1.54, 1.807) is 21.7 Å². The number of amides is 1. The van der Waals surface area contributed by atoms with Gasteiger partial charge in [0.25, 0.3) is 0 Å². The fourth-order valence-electron chi connectivity index (χ4n) is 3.43. The average molecular weight is 331 g/mol. The fourth-order valence-corrected chi connectivity index (χ4v) is 3.43. The largest absolute Gasteiger partial charge is 0.481 e. The molecule has 0 unspecified atom stereocenters. The van der Waals surface area contributed by atoms with Gasteiger partial charge in [-0.2, -0.15) is 5.10 Å². The van der Waals surface area contributed by atoms with Gasteiger partial charge < -0.3 is 14.4 Å². The number of rotatable bonds is 4. The summed E-state index contributed by atoms with van der Waals surface area (Å²) in [4.78, 5) is 25.9. The van der Waals surface area contributed by atoms with Crippen molar-refractivity contribution in [2.45, 2.75) is 39.3 Å². The van der Waals surface area contributed by atoms with E-state index in [-0.39, 0.29) is 12.3 Å². The highest BCUT2D eigenvalue weighted by Gasteiger charge is 2.42. The Hall–Kier alpha value is -2.57. The van der Waals surface area contributed by atoms with Crippen molar-refractivity contribution >= 4 is 11.9 Å². The van der Waals surface area contributed by atoms with Crippen molar-refractivity contribution in [2.24, 2.45) is 13.0 Å². The molecule has 3 heterocycles. The van der Waals surface area contributed by atoms with Crippen LogP contribution in [-0.2, 0) is 23.2 Å². The Morgan fingerprint density at radius 1 is 1.46 bits per heavy atom. The molecule has 0 radical (unpaired) electrons. The Morgan fingerprint density at radius 2 is 2.21 bits per heavy atom. The number of aromatic nitrogens is 2. The van der Waals surface area contributed by atoms with Gasteiger partial charge in [-0.25, -0.2) is 0 Å². The molecule has 128 valence electrons. The molecule has 7 nitrogen and oxygen atoms in total. The van der Waals surface area contributed by atoms with E-state index >= 15 is 0 Å². The molecule has 1 N–H and O–H groups in total. The second kappa shape index (κ2) is 6.14. The maximum absolute atomic E-state index is 12.6. The second-order valence-electron chi connectivity index (χ2n) is 6.24. The van der Waals surface area contributed by atoms with Gasteiger partial charge in [0.2, 0.25) is 5.91 Å². The van der Waals surface area contributed by atoms with Crippen molar-refractivity contribution in [3.63, 3.8) is 0 Å². The summed E-state index contributed by atoms with van der Waals surface area (Å²) < 4.78 is 7.23. The molecule has 2 atom stereocenters. The third kappa shape index (κ3) is 2.70. The molecule has 1 aliphatic rings. The zero-order valence-corrected chi connectivity index (χ0v) is 14.0. The minimum Gasteiger partial charge on any atom is -0.481 e. The Balaban J connectivity index is 2.01. The standard InChI is InChI=1S/C17H21N3O4/c1-10-13(11(2)19(3)18-10)9-20-15(21)7-6-12(17(22)23)16(20)14-5-4-8-24-14/h4-5,8,12,16H,6-7,9H2,1-3H3,(H,22,23)/t12-,16+/m1/s1. The molecule has 0 bridgehead atoms. The number of likely N-dealkylation sites (tertiary alicyclic amines) is 1. The third-order valence-corrected chi connectivity index (χ3v) is 4.85. The Morgan fingerprint density at radius 3 is 2.75 bits per heavy atom. The summed E-state index contributed by atoms with van der Waals surface area (Å²) in [7, 11) is 1.86. The number of aryl methyl sites for hydroxylation is 2. The monoisotopic (exact) mass is 331 g/mol. The predicted molar refractivity (Wildman–Crippen MR) is 85.0 cm³/mol. The number of piperidine rings is 1. The van der Waals surface area contributed by atoms with Crippen molar-refractivity contribution in [3.05, 3.63) is 41.1 Å². The molecule has 1 aliphatic heterocycles. The average Bonchev–Trinajstić information content (AvgIpc) is 3.13. The lowest BCUT2D eigenvalue weighted by atomic mass is 9.86. The van der Waals surface area contributed by atoms with E-state index in [0.717, 1.165) is 17.0 Å². The first kappa shape index (κ1) is 16.3. The number of furan rings is 1. The van der Waals surface area contributed by atoms with Crippen LogP contribution in [0.3, 0.4) is 0 Å². The molecule has 0 aliphatic carbocycles. The van der Waals surface area contributed by atoms with Crippen molar-refractivity contribution in [3.8, 4) is 0 Å². The van der Waals surface area contributed by atoms with Crippen LogP contribution in [0.5, 0.6) is 0 Å².